The van der Waals surface area contributed by atoms with Crippen LogP contribution < -0.4 is 14.4 Å². The van der Waals surface area contributed by atoms with Crippen molar-refractivity contribution in [3.63, 3.8) is 0 Å². The fourth-order valence-electron chi connectivity index (χ4n) is 3.95. The third kappa shape index (κ3) is 5.60. The quantitative estimate of drug-likeness (QED) is 0.195. The smallest absolute Gasteiger partial charge is 0.265 e. The molecule has 4 aromatic carbocycles. The van der Waals surface area contributed by atoms with E-state index in [2.05, 4.69) is 21.2 Å². The molecule has 0 aliphatic rings. The topological polar surface area (TPSA) is 75.7 Å². The van der Waals surface area contributed by atoms with Gasteiger partial charge in [0.1, 0.15) is 11.5 Å². The van der Waals surface area contributed by atoms with Gasteiger partial charge in [0.15, 0.2) is 0 Å². The molecule has 1 amide bonds. The molecule has 9 heteroatoms. The van der Waals surface area contributed by atoms with Gasteiger partial charge in [-0.05, 0) is 97.2 Å². The predicted molar refractivity (Wildman–Crippen MR) is 157 cm³/mol. The minimum absolute atomic E-state index is 0.216. The Morgan fingerprint density at radius 3 is 2.26 bits per heavy atom. The summed E-state index contributed by atoms with van der Waals surface area (Å²) in [4.78, 5) is 13.7. The molecule has 0 fully saturated rings. The summed E-state index contributed by atoms with van der Waals surface area (Å²) in [6.07, 6.45) is 0. The van der Waals surface area contributed by atoms with Crippen molar-refractivity contribution < 1.29 is 17.9 Å². The van der Waals surface area contributed by atoms with Crippen LogP contribution in [0.5, 0.6) is 11.5 Å². The third-order valence-electron chi connectivity index (χ3n) is 5.79. The molecule has 5 aromatic rings. The number of carbonyl (C=O) groups excluding carboxylic acids is 1. The maximum Gasteiger partial charge on any atom is 0.265 e. The van der Waals surface area contributed by atoms with E-state index < -0.39 is 10.0 Å². The predicted octanol–water partition coefficient (Wildman–Crippen LogP) is 7.92. The maximum absolute atomic E-state index is 13.3. The molecule has 192 valence electrons. The van der Waals surface area contributed by atoms with Gasteiger partial charge >= 0.3 is 0 Å². The minimum Gasteiger partial charge on any atom is -0.457 e. The highest BCUT2D eigenvalue weighted by Gasteiger charge is 2.24. The number of halogens is 1. The van der Waals surface area contributed by atoms with Crippen LogP contribution in [0.3, 0.4) is 0 Å². The van der Waals surface area contributed by atoms with Crippen LogP contribution in [0.25, 0.3) is 10.1 Å². The van der Waals surface area contributed by atoms with Crippen molar-refractivity contribution in [1.29, 1.82) is 0 Å². The SMILES string of the molecule is CCN(c1ccc2sc(C(=O)Nc3ccc(Oc4ccccc4)cc3)cc2c1)S(=O)(=O)c1ccc(Br)cc1. The van der Waals surface area contributed by atoms with Crippen LogP contribution in [0.2, 0.25) is 0 Å². The van der Waals surface area contributed by atoms with Crippen LogP contribution in [-0.4, -0.2) is 20.9 Å². The standard InChI is InChI=1S/C29H23BrN2O4S2/c1-2-32(38(34,35)26-15-8-21(30)9-16-26)23-12-17-27-20(18-23)19-28(37-27)29(33)31-22-10-13-25(14-11-22)36-24-6-4-3-5-7-24/h3-19H,2H2,1H3,(H,31,33). The summed E-state index contributed by atoms with van der Waals surface area (Å²) in [5.41, 5.74) is 1.19. The maximum atomic E-state index is 13.3. The number of rotatable bonds is 8. The highest BCUT2D eigenvalue weighted by Crippen LogP contribution is 2.32. The number of benzene rings is 4. The Morgan fingerprint density at radius 1 is 0.895 bits per heavy atom. The Kier molecular flexibility index (Phi) is 7.51. The number of anilines is 2. The van der Waals surface area contributed by atoms with Crippen molar-refractivity contribution in [3.8, 4) is 11.5 Å². The van der Waals surface area contributed by atoms with Gasteiger partial charge in [-0.3, -0.25) is 9.10 Å². The van der Waals surface area contributed by atoms with E-state index in [-0.39, 0.29) is 17.3 Å². The summed E-state index contributed by atoms with van der Waals surface area (Å²) in [5, 5.41) is 3.71. The molecule has 0 saturated carbocycles. The number of ether oxygens (including phenoxy) is 1. The first-order chi connectivity index (χ1) is 18.3. The zero-order valence-corrected chi connectivity index (χ0v) is 23.5. The molecule has 6 nitrogen and oxygen atoms in total. The van der Waals surface area contributed by atoms with E-state index in [0.29, 0.717) is 22.0 Å². The van der Waals surface area contributed by atoms with Crippen LogP contribution in [0.1, 0.15) is 16.6 Å². The van der Waals surface area contributed by atoms with E-state index in [4.69, 9.17) is 4.74 Å². The number of hydrogen-bond donors (Lipinski definition) is 1. The summed E-state index contributed by atoms with van der Waals surface area (Å²) in [6, 6.07) is 30.4. The summed E-state index contributed by atoms with van der Waals surface area (Å²) in [6.45, 7) is 2.06. The number of sulfonamides is 1. The molecular weight excluding hydrogens is 584 g/mol. The molecule has 0 saturated heterocycles. The monoisotopic (exact) mass is 606 g/mol. The van der Waals surface area contributed by atoms with Gasteiger partial charge in [-0.15, -0.1) is 11.3 Å². The fourth-order valence-corrected chi connectivity index (χ4v) is 6.61. The Hall–Kier alpha value is -3.66. The lowest BCUT2D eigenvalue weighted by Gasteiger charge is -2.23. The highest BCUT2D eigenvalue weighted by atomic mass is 79.9. The average molecular weight is 608 g/mol. The molecule has 0 bridgehead atoms. The van der Waals surface area contributed by atoms with Gasteiger partial charge in [-0.1, -0.05) is 34.1 Å². The van der Waals surface area contributed by atoms with Gasteiger partial charge in [0.25, 0.3) is 15.9 Å². The van der Waals surface area contributed by atoms with Crippen molar-refractivity contribution in [2.45, 2.75) is 11.8 Å². The van der Waals surface area contributed by atoms with E-state index in [9.17, 15) is 13.2 Å². The zero-order valence-electron chi connectivity index (χ0n) is 20.3. The van der Waals surface area contributed by atoms with Crippen molar-refractivity contribution in [1.82, 2.24) is 0 Å². The largest absolute Gasteiger partial charge is 0.457 e. The Balaban J connectivity index is 1.33. The Labute approximate surface area is 233 Å². The number of nitrogens with zero attached hydrogens (tertiary/aromatic N) is 1. The molecule has 0 aliphatic heterocycles. The minimum atomic E-state index is -3.74. The number of amides is 1. The van der Waals surface area contributed by atoms with Gasteiger partial charge in [0.05, 0.1) is 15.5 Å². The number of para-hydroxylation sites is 1. The first-order valence-corrected chi connectivity index (χ1v) is 14.8. The van der Waals surface area contributed by atoms with E-state index in [1.807, 2.05) is 36.4 Å². The zero-order chi connectivity index (χ0) is 26.7. The molecule has 0 aliphatic carbocycles. The van der Waals surface area contributed by atoms with E-state index in [0.717, 1.165) is 20.3 Å². The summed E-state index contributed by atoms with van der Waals surface area (Å²) in [5.74, 6) is 1.17. The first-order valence-electron chi connectivity index (χ1n) is 11.8. The molecular formula is C29H23BrN2O4S2. The Morgan fingerprint density at radius 2 is 1.58 bits per heavy atom. The summed E-state index contributed by atoms with van der Waals surface area (Å²) in [7, 11) is -3.74. The van der Waals surface area contributed by atoms with Crippen molar-refractivity contribution in [3.05, 3.63) is 112 Å². The van der Waals surface area contributed by atoms with Crippen molar-refractivity contribution >= 4 is 64.7 Å². The average Bonchev–Trinajstić information content (AvgIpc) is 3.35. The normalized spacial score (nSPS) is 11.3. The van der Waals surface area contributed by atoms with Gasteiger partial charge in [-0.25, -0.2) is 8.42 Å². The number of hydrogen-bond acceptors (Lipinski definition) is 5. The second-order valence-corrected chi connectivity index (χ2v) is 12.2. The molecule has 38 heavy (non-hydrogen) atoms. The molecule has 5 rings (SSSR count). The van der Waals surface area contributed by atoms with Crippen LogP contribution in [0, 0.1) is 0 Å². The molecule has 0 unspecified atom stereocenters. The summed E-state index contributed by atoms with van der Waals surface area (Å²) < 4.78 is 35.5. The number of carbonyl (C=O) groups is 1. The van der Waals surface area contributed by atoms with Crippen LogP contribution in [0.4, 0.5) is 11.4 Å². The van der Waals surface area contributed by atoms with Gasteiger partial charge in [0.2, 0.25) is 0 Å². The molecule has 0 radical (unpaired) electrons. The van der Waals surface area contributed by atoms with Crippen LogP contribution in [0.15, 0.2) is 112 Å². The van der Waals surface area contributed by atoms with Crippen LogP contribution in [-0.2, 0) is 10.0 Å². The highest BCUT2D eigenvalue weighted by molar-refractivity contribution is 9.10. The molecule has 0 spiro atoms. The van der Waals surface area contributed by atoms with E-state index >= 15 is 0 Å². The molecule has 1 heterocycles. The fraction of sp³-hybridized carbons (Fsp3) is 0.0690. The molecule has 0 atom stereocenters. The first kappa shape index (κ1) is 26.0. The van der Waals surface area contributed by atoms with Crippen molar-refractivity contribution in [2.24, 2.45) is 0 Å². The lowest BCUT2D eigenvalue weighted by Crippen LogP contribution is -2.30. The number of nitrogens with one attached hydrogen (secondary N) is 1. The lowest BCUT2D eigenvalue weighted by atomic mass is 10.2. The summed E-state index contributed by atoms with van der Waals surface area (Å²) >= 11 is 4.70. The number of thiophene rings is 1. The molecule has 1 N–H and O–H groups in total. The number of fused-ring (bicyclic) bond motifs is 1. The van der Waals surface area contributed by atoms with Gasteiger partial charge in [-0.2, -0.15) is 0 Å². The van der Waals surface area contributed by atoms with E-state index in [1.54, 1.807) is 73.7 Å². The lowest BCUT2D eigenvalue weighted by molar-refractivity contribution is 0.103. The second-order valence-electron chi connectivity index (χ2n) is 8.35. The van der Waals surface area contributed by atoms with Crippen molar-refractivity contribution in [2.75, 3.05) is 16.2 Å². The molecule has 1 aromatic heterocycles. The van der Waals surface area contributed by atoms with Gasteiger partial charge < -0.3 is 10.1 Å². The Bertz CT molecular complexity index is 1680. The van der Waals surface area contributed by atoms with Crippen LogP contribution >= 0.6 is 27.3 Å². The van der Waals surface area contributed by atoms with Gasteiger partial charge in [0, 0.05) is 21.4 Å². The second kappa shape index (κ2) is 11.0. The van der Waals surface area contributed by atoms with E-state index in [1.165, 1.54) is 15.6 Å². The third-order valence-corrected chi connectivity index (χ3v) is 9.35.